The molecule has 2 rings (SSSR count). The normalized spacial score (nSPS) is 11.3. The number of aromatic amines is 1. The third-order valence-electron chi connectivity index (χ3n) is 2.84. The van der Waals surface area contributed by atoms with Crippen molar-refractivity contribution in [2.24, 2.45) is 0 Å². The first-order chi connectivity index (χ1) is 10.7. The summed E-state index contributed by atoms with van der Waals surface area (Å²) < 4.78 is 53.7. The maximum Gasteiger partial charge on any atom is 0.417 e. The summed E-state index contributed by atoms with van der Waals surface area (Å²) in [6.07, 6.45) is -3.41. The molecule has 10 heteroatoms. The highest BCUT2D eigenvalue weighted by molar-refractivity contribution is 7.98. The topological polar surface area (TPSA) is 69.5 Å². The van der Waals surface area contributed by atoms with E-state index in [0.717, 1.165) is 17.8 Å². The predicted octanol–water partition coefficient (Wildman–Crippen LogP) is 3.84. The van der Waals surface area contributed by atoms with E-state index in [-0.39, 0.29) is 5.16 Å². The average Bonchev–Trinajstić information content (AvgIpc) is 2.47. The minimum Gasteiger partial charge on any atom is -0.300 e. The van der Waals surface area contributed by atoms with Crippen molar-refractivity contribution in [1.82, 2.24) is 9.97 Å². The van der Waals surface area contributed by atoms with E-state index < -0.39 is 45.0 Å². The molecule has 1 aromatic carbocycles. The molecule has 0 aliphatic heterocycles. The number of thioether (sulfide) groups is 1. The Balaban J connectivity index is 2.98. The molecule has 0 saturated heterocycles. The summed E-state index contributed by atoms with van der Waals surface area (Å²) in [5, 5.41) is 8.39. The van der Waals surface area contributed by atoms with Gasteiger partial charge in [0.05, 0.1) is 16.1 Å². The second-order valence-corrected chi connectivity index (χ2v) is 5.39. The van der Waals surface area contributed by atoms with E-state index in [1.807, 2.05) is 0 Å². The number of nitrogens with zero attached hydrogens (tertiary/aromatic N) is 2. The van der Waals surface area contributed by atoms with Gasteiger partial charge in [0.1, 0.15) is 17.3 Å². The van der Waals surface area contributed by atoms with Crippen LogP contribution in [0.3, 0.4) is 0 Å². The molecular formula is C13H6ClF4N3OS. The standard InChI is InChI=1S/C13H6ClF4N3OS/c1-23-12-20-10(5(4-19)11(22)21-12)8-6(13(16,17)18)2-3-7(14)9(8)15/h2-3H,1H3,(H,20,21,22). The van der Waals surface area contributed by atoms with E-state index in [4.69, 9.17) is 16.9 Å². The first kappa shape index (κ1) is 17.3. The molecule has 0 saturated carbocycles. The van der Waals surface area contributed by atoms with Gasteiger partial charge in [-0.2, -0.15) is 18.4 Å². The Morgan fingerprint density at radius 2 is 2.04 bits per heavy atom. The number of H-pyrrole nitrogens is 1. The van der Waals surface area contributed by atoms with Crippen molar-refractivity contribution in [2.75, 3.05) is 6.26 Å². The monoisotopic (exact) mass is 363 g/mol. The quantitative estimate of drug-likeness (QED) is 0.500. The van der Waals surface area contributed by atoms with Crippen LogP contribution in [0.4, 0.5) is 17.6 Å². The maximum absolute atomic E-state index is 14.3. The van der Waals surface area contributed by atoms with Gasteiger partial charge in [-0.1, -0.05) is 23.4 Å². The molecule has 0 spiro atoms. The minimum absolute atomic E-state index is 0.0588. The van der Waals surface area contributed by atoms with E-state index in [9.17, 15) is 22.4 Å². The maximum atomic E-state index is 14.3. The lowest BCUT2D eigenvalue weighted by Gasteiger charge is -2.15. The van der Waals surface area contributed by atoms with Crippen molar-refractivity contribution in [1.29, 1.82) is 5.26 Å². The first-order valence-electron chi connectivity index (χ1n) is 5.84. The van der Waals surface area contributed by atoms with E-state index in [2.05, 4.69) is 9.97 Å². The summed E-state index contributed by atoms with van der Waals surface area (Å²) in [5.74, 6) is -1.40. The van der Waals surface area contributed by atoms with Gasteiger partial charge in [0, 0.05) is 0 Å². The lowest BCUT2D eigenvalue weighted by molar-refractivity contribution is -0.137. The molecule has 1 N–H and O–H groups in total. The van der Waals surface area contributed by atoms with Crippen molar-refractivity contribution >= 4 is 23.4 Å². The highest BCUT2D eigenvalue weighted by atomic mass is 35.5. The van der Waals surface area contributed by atoms with Crippen molar-refractivity contribution in [3.05, 3.63) is 44.5 Å². The summed E-state index contributed by atoms with van der Waals surface area (Å²) in [4.78, 5) is 17.8. The Labute approximate surface area is 136 Å². The SMILES string of the molecule is CSc1nc(-c2c(C(F)(F)F)ccc(Cl)c2F)c(C#N)c(=O)[nH]1. The second kappa shape index (κ2) is 6.22. The Bertz CT molecular complexity index is 873. The number of halogens is 5. The third-order valence-corrected chi connectivity index (χ3v) is 3.71. The largest absolute Gasteiger partial charge is 0.417 e. The van der Waals surface area contributed by atoms with E-state index in [1.54, 1.807) is 0 Å². The lowest BCUT2D eigenvalue weighted by atomic mass is 10.00. The molecule has 4 nitrogen and oxygen atoms in total. The van der Waals surface area contributed by atoms with E-state index in [0.29, 0.717) is 6.07 Å². The molecule has 2 aromatic rings. The van der Waals surface area contributed by atoms with Gasteiger partial charge in [0.2, 0.25) is 0 Å². The van der Waals surface area contributed by atoms with Crippen LogP contribution in [0.5, 0.6) is 0 Å². The Morgan fingerprint density at radius 3 is 2.57 bits per heavy atom. The van der Waals surface area contributed by atoms with Crippen LogP contribution in [0.2, 0.25) is 5.02 Å². The summed E-state index contributed by atoms with van der Waals surface area (Å²) >= 11 is 6.47. The molecule has 0 fully saturated rings. The molecule has 1 heterocycles. The molecule has 23 heavy (non-hydrogen) atoms. The van der Waals surface area contributed by atoms with Crippen LogP contribution >= 0.6 is 23.4 Å². The number of rotatable bonds is 2. The number of hydrogen-bond donors (Lipinski definition) is 1. The van der Waals surface area contributed by atoms with Gasteiger partial charge in [-0.15, -0.1) is 0 Å². The molecule has 0 aliphatic carbocycles. The van der Waals surface area contributed by atoms with E-state index in [1.165, 1.54) is 12.3 Å². The highest BCUT2D eigenvalue weighted by Crippen LogP contribution is 2.40. The molecule has 0 unspecified atom stereocenters. The fraction of sp³-hybridized carbons (Fsp3) is 0.154. The molecule has 0 aliphatic rings. The third kappa shape index (κ3) is 3.18. The zero-order valence-electron chi connectivity index (χ0n) is 11.3. The van der Waals surface area contributed by atoms with Crippen molar-refractivity contribution < 1.29 is 17.6 Å². The van der Waals surface area contributed by atoms with Crippen LogP contribution in [0.1, 0.15) is 11.1 Å². The van der Waals surface area contributed by atoms with Gasteiger partial charge in [0.25, 0.3) is 5.56 Å². The number of nitriles is 1. The molecule has 0 bridgehead atoms. The van der Waals surface area contributed by atoms with Gasteiger partial charge in [-0.25, -0.2) is 9.37 Å². The smallest absolute Gasteiger partial charge is 0.300 e. The number of nitrogens with one attached hydrogen (secondary N) is 1. The fourth-order valence-corrected chi connectivity index (χ4v) is 2.39. The van der Waals surface area contributed by atoms with Crippen molar-refractivity contribution in [3.63, 3.8) is 0 Å². The van der Waals surface area contributed by atoms with Gasteiger partial charge in [0.15, 0.2) is 11.0 Å². The van der Waals surface area contributed by atoms with Crippen LogP contribution in [0, 0.1) is 17.1 Å². The zero-order valence-corrected chi connectivity index (χ0v) is 12.8. The van der Waals surface area contributed by atoms with Crippen LogP contribution < -0.4 is 5.56 Å². The van der Waals surface area contributed by atoms with Crippen LogP contribution in [-0.2, 0) is 6.18 Å². The number of aromatic nitrogens is 2. The molecular weight excluding hydrogens is 358 g/mol. The van der Waals surface area contributed by atoms with Crippen LogP contribution in [-0.4, -0.2) is 16.2 Å². The second-order valence-electron chi connectivity index (χ2n) is 4.19. The lowest BCUT2D eigenvalue weighted by Crippen LogP contribution is -2.17. The molecule has 0 amide bonds. The minimum atomic E-state index is -4.92. The van der Waals surface area contributed by atoms with E-state index >= 15 is 0 Å². The van der Waals surface area contributed by atoms with Gasteiger partial charge in [-0.3, -0.25) is 4.79 Å². The summed E-state index contributed by atoms with van der Waals surface area (Å²) in [6, 6.07) is 2.77. The molecule has 120 valence electrons. The summed E-state index contributed by atoms with van der Waals surface area (Å²) in [6.45, 7) is 0. The van der Waals surface area contributed by atoms with Crippen molar-refractivity contribution in [2.45, 2.75) is 11.3 Å². The zero-order chi connectivity index (χ0) is 17.4. The van der Waals surface area contributed by atoms with Gasteiger partial charge in [-0.05, 0) is 18.4 Å². The van der Waals surface area contributed by atoms with Crippen LogP contribution in [0.25, 0.3) is 11.3 Å². The van der Waals surface area contributed by atoms with Gasteiger partial charge >= 0.3 is 6.18 Å². The van der Waals surface area contributed by atoms with Crippen LogP contribution in [0.15, 0.2) is 22.1 Å². The first-order valence-corrected chi connectivity index (χ1v) is 7.45. The molecule has 1 aromatic heterocycles. The summed E-state index contributed by atoms with van der Waals surface area (Å²) in [5.41, 5.74) is -4.79. The average molecular weight is 364 g/mol. The number of alkyl halides is 3. The summed E-state index contributed by atoms with van der Waals surface area (Å²) in [7, 11) is 0. The predicted molar refractivity (Wildman–Crippen MR) is 76.8 cm³/mol. The molecule has 0 radical (unpaired) electrons. The van der Waals surface area contributed by atoms with Gasteiger partial charge < -0.3 is 4.98 Å². The Morgan fingerprint density at radius 1 is 1.39 bits per heavy atom. The highest BCUT2D eigenvalue weighted by Gasteiger charge is 2.37. The van der Waals surface area contributed by atoms with Crippen molar-refractivity contribution in [3.8, 4) is 17.3 Å². The fourth-order valence-electron chi connectivity index (χ4n) is 1.85. The number of benzene rings is 1. The number of hydrogen-bond acceptors (Lipinski definition) is 4. The molecule has 0 atom stereocenters. The Hall–Kier alpha value is -2.05. The Kier molecular flexibility index (Phi) is 4.68.